The Kier molecular flexibility index (Phi) is 2.18. The van der Waals surface area contributed by atoms with Crippen LogP contribution in [0.4, 0.5) is 0 Å². The molecule has 0 spiro atoms. The molecule has 1 aromatic carbocycles. The van der Waals surface area contributed by atoms with Gasteiger partial charge in [0.15, 0.2) is 0 Å². The first-order valence-corrected chi connectivity index (χ1v) is 4.42. The van der Waals surface area contributed by atoms with E-state index in [9.17, 15) is 4.79 Å². The largest absolute Gasteiger partial charge is 0.492 e. The number of ether oxygens (including phenoxy) is 1. The van der Waals surface area contributed by atoms with Crippen molar-refractivity contribution < 1.29 is 4.74 Å². The number of nitrogens with one attached hydrogen (secondary N) is 1. The highest BCUT2D eigenvalue weighted by Gasteiger charge is 2.03. The molecule has 4 nitrogen and oxygen atoms in total. The lowest BCUT2D eigenvalue weighted by Gasteiger charge is -2.05. The molecule has 14 heavy (non-hydrogen) atoms. The minimum Gasteiger partial charge on any atom is -0.492 e. The molecule has 4 heteroatoms. The average Bonchev–Trinajstić information content (AvgIpc) is 2.20. The summed E-state index contributed by atoms with van der Waals surface area (Å²) < 4.78 is 5.36. The zero-order valence-corrected chi connectivity index (χ0v) is 7.78. The molecule has 0 saturated carbocycles. The van der Waals surface area contributed by atoms with Gasteiger partial charge in [0.25, 0.3) is 0 Å². The van der Waals surface area contributed by atoms with E-state index in [4.69, 9.17) is 4.74 Å². The third-order valence-electron chi connectivity index (χ3n) is 1.95. The Bertz CT molecular complexity index is 505. The highest BCUT2D eigenvalue weighted by Crippen LogP contribution is 2.19. The smallest absolute Gasteiger partial charge is 0.208 e. The third kappa shape index (κ3) is 1.35. The van der Waals surface area contributed by atoms with E-state index in [1.807, 2.05) is 13.0 Å². The van der Waals surface area contributed by atoms with E-state index in [0.29, 0.717) is 23.3 Å². The van der Waals surface area contributed by atoms with Crippen LogP contribution in [0.3, 0.4) is 0 Å². The lowest BCUT2D eigenvalue weighted by atomic mass is 10.2. The number of aromatic amines is 1. The van der Waals surface area contributed by atoms with Crippen molar-refractivity contribution in [1.82, 2.24) is 10.2 Å². The van der Waals surface area contributed by atoms with E-state index in [0.717, 1.165) is 0 Å². The van der Waals surface area contributed by atoms with Crippen LogP contribution in [0.5, 0.6) is 5.75 Å². The Labute approximate surface area is 80.5 Å². The summed E-state index contributed by atoms with van der Waals surface area (Å²) in [4.78, 5) is 11.4. The Morgan fingerprint density at radius 3 is 3.14 bits per heavy atom. The second-order valence-electron chi connectivity index (χ2n) is 2.85. The maximum absolute atomic E-state index is 11.4. The molecule has 0 bridgehead atoms. The van der Waals surface area contributed by atoms with Crippen LogP contribution >= 0.6 is 0 Å². The molecule has 0 aliphatic carbocycles. The first kappa shape index (κ1) is 8.74. The van der Waals surface area contributed by atoms with Gasteiger partial charge in [-0.05, 0) is 19.1 Å². The second-order valence-corrected chi connectivity index (χ2v) is 2.85. The summed E-state index contributed by atoms with van der Waals surface area (Å²) in [6.45, 7) is 2.46. The van der Waals surface area contributed by atoms with E-state index in [-0.39, 0.29) is 5.43 Å². The molecule has 0 unspecified atom stereocenters. The van der Waals surface area contributed by atoms with Crippen molar-refractivity contribution in [3.05, 3.63) is 34.6 Å². The number of para-hydroxylation sites is 1. The molecule has 0 atom stereocenters. The summed E-state index contributed by atoms with van der Waals surface area (Å²) >= 11 is 0. The van der Waals surface area contributed by atoms with Gasteiger partial charge in [0.1, 0.15) is 11.3 Å². The van der Waals surface area contributed by atoms with Gasteiger partial charge in [-0.3, -0.25) is 9.89 Å². The summed E-state index contributed by atoms with van der Waals surface area (Å²) in [7, 11) is 0. The first-order valence-electron chi connectivity index (χ1n) is 4.42. The zero-order valence-electron chi connectivity index (χ0n) is 7.78. The van der Waals surface area contributed by atoms with Gasteiger partial charge in [0.05, 0.1) is 18.2 Å². The number of hydrogen-bond acceptors (Lipinski definition) is 3. The summed E-state index contributed by atoms with van der Waals surface area (Å²) in [5.41, 5.74) is 0.558. The number of aromatic nitrogens is 2. The predicted octanol–water partition coefficient (Wildman–Crippen LogP) is 1.32. The van der Waals surface area contributed by atoms with E-state index < -0.39 is 0 Å². The fourth-order valence-corrected chi connectivity index (χ4v) is 1.35. The van der Waals surface area contributed by atoms with Crippen molar-refractivity contribution in [2.75, 3.05) is 6.61 Å². The van der Waals surface area contributed by atoms with Crippen molar-refractivity contribution in [3.63, 3.8) is 0 Å². The molecular formula is C10H10N2O2. The molecule has 2 rings (SSSR count). The molecule has 0 amide bonds. The van der Waals surface area contributed by atoms with Crippen molar-refractivity contribution in [2.24, 2.45) is 0 Å². The Morgan fingerprint density at radius 1 is 1.50 bits per heavy atom. The number of hydrogen-bond donors (Lipinski definition) is 1. The van der Waals surface area contributed by atoms with Crippen LogP contribution in [-0.2, 0) is 0 Å². The third-order valence-corrected chi connectivity index (χ3v) is 1.95. The molecule has 2 aromatic rings. The normalized spacial score (nSPS) is 10.4. The Morgan fingerprint density at radius 2 is 2.36 bits per heavy atom. The fourth-order valence-electron chi connectivity index (χ4n) is 1.35. The van der Waals surface area contributed by atoms with Gasteiger partial charge in [0, 0.05) is 0 Å². The molecule has 72 valence electrons. The Balaban J connectivity index is 2.75. The van der Waals surface area contributed by atoms with Crippen molar-refractivity contribution >= 4 is 10.9 Å². The quantitative estimate of drug-likeness (QED) is 0.777. The summed E-state index contributed by atoms with van der Waals surface area (Å²) in [6.07, 6.45) is 1.26. The number of rotatable bonds is 2. The molecule has 1 N–H and O–H groups in total. The monoisotopic (exact) mass is 190 g/mol. The minimum atomic E-state index is -0.0969. The van der Waals surface area contributed by atoms with E-state index in [1.54, 1.807) is 12.1 Å². The number of H-pyrrole nitrogens is 1. The lowest BCUT2D eigenvalue weighted by molar-refractivity contribution is 0.343. The van der Waals surface area contributed by atoms with Gasteiger partial charge < -0.3 is 4.74 Å². The van der Waals surface area contributed by atoms with Crippen LogP contribution in [0.1, 0.15) is 6.92 Å². The van der Waals surface area contributed by atoms with Crippen LogP contribution in [-0.4, -0.2) is 16.8 Å². The van der Waals surface area contributed by atoms with Gasteiger partial charge in [0.2, 0.25) is 5.43 Å². The molecule has 0 aliphatic heterocycles. The summed E-state index contributed by atoms with van der Waals surface area (Å²) in [6, 6.07) is 5.35. The number of fused-ring (bicyclic) bond motifs is 1. The fraction of sp³-hybridized carbons (Fsp3) is 0.200. The summed E-state index contributed by atoms with van der Waals surface area (Å²) in [5, 5.41) is 7.11. The standard InChI is InChI=1S/C10H10N2O2/c1-2-14-9-5-3-4-7-8(13)6-11-12-10(7)9/h3-6H,2H2,1H3,(H,12,13). The van der Waals surface area contributed by atoms with E-state index >= 15 is 0 Å². The zero-order chi connectivity index (χ0) is 9.97. The highest BCUT2D eigenvalue weighted by atomic mass is 16.5. The van der Waals surface area contributed by atoms with E-state index in [1.165, 1.54) is 6.20 Å². The summed E-state index contributed by atoms with van der Waals surface area (Å²) in [5.74, 6) is 0.662. The second kappa shape index (κ2) is 3.49. The van der Waals surface area contributed by atoms with Gasteiger partial charge in [-0.1, -0.05) is 6.07 Å². The maximum atomic E-state index is 11.4. The first-order chi connectivity index (χ1) is 6.83. The van der Waals surface area contributed by atoms with Crippen LogP contribution < -0.4 is 10.2 Å². The number of benzene rings is 1. The van der Waals surface area contributed by atoms with Crippen LogP contribution in [0, 0.1) is 0 Å². The average molecular weight is 190 g/mol. The highest BCUT2D eigenvalue weighted by molar-refractivity contribution is 5.83. The van der Waals surface area contributed by atoms with Crippen LogP contribution in [0.25, 0.3) is 10.9 Å². The van der Waals surface area contributed by atoms with Crippen LogP contribution in [0.2, 0.25) is 0 Å². The van der Waals surface area contributed by atoms with E-state index in [2.05, 4.69) is 10.2 Å². The van der Waals surface area contributed by atoms with Gasteiger partial charge in [-0.15, -0.1) is 0 Å². The SMILES string of the molecule is CCOc1cccc2c(=O)cn[nH]c12. The Hall–Kier alpha value is -1.84. The van der Waals surface area contributed by atoms with Gasteiger partial charge in [-0.25, -0.2) is 0 Å². The topological polar surface area (TPSA) is 55.0 Å². The molecule has 0 aliphatic rings. The number of nitrogens with zero attached hydrogens (tertiary/aromatic N) is 1. The molecule has 1 aromatic heterocycles. The van der Waals surface area contributed by atoms with Gasteiger partial charge in [-0.2, -0.15) is 5.10 Å². The maximum Gasteiger partial charge on any atom is 0.208 e. The molecule has 1 heterocycles. The molecule has 0 radical (unpaired) electrons. The molecule has 0 fully saturated rings. The van der Waals surface area contributed by atoms with Crippen molar-refractivity contribution in [1.29, 1.82) is 0 Å². The predicted molar refractivity (Wildman–Crippen MR) is 53.5 cm³/mol. The van der Waals surface area contributed by atoms with Crippen LogP contribution in [0.15, 0.2) is 29.2 Å². The van der Waals surface area contributed by atoms with Gasteiger partial charge >= 0.3 is 0 Å². The minimum absolute atomic E-state index is 0.0969. The molecular weight excluding hydrogens is 180 g/mol. The molecule has 0 saturated heterocycles. The van der Waals surface area contributed by atoms with Crippen molar-refractivity contribution in [3.8, 4) is 5.75 Å². The van der Waals surface area contributed by atoms with Crippen molar-refractivity contribution in [2.45, 2.75) is 6.92 Å². The lowest BCUT2D eigenvalue weighted by Crippen LogP contribution is -2.04.